The molecule has 0 aliphatic heterocycles. The molecule has 262 valence electrons. The largest absolute Gasteiger partial charge is 0.456 e. The third-order valence-electron chi connectivity index (χ3n) is 11.2. The van der Waals surface area contributed by atoms with Crippen molar-refractivity contribution in [1.82, 2.24) is 23.9 Å². The van der Waals surface area contributed by atoms with E-state index in [1.807, 2.05) is 42.5 Å². The minimum absolute atomic E-state index is 0.797. The lowest BCUT2D eigenvalue weighted by molar-refractivity contribution is 0.669. The van der Waals surface area contributed by atoms with Crippen molar-refractivity contribution in [2.45, 2.75) is 0 Å². The molecule has 0 spiro atoms. The molecule has 4 aromatic heterocycles. The lowest BCUT2D eigenvalue weighted by Crippen LogP contribution is -2.01. The normalized spacial score (nSPS) is 11.9. The van der Waals surface area contributed by atoms with Gasteiger partial charge in [-0.2, -0.15) is 0 Å². The minimum atomic E-state index is 0.797. The number of benzene rings is 8. The molecule has 0 unspecified atom stereocenters. The highest BCUT2D eigenvalue weighted by atomic mass is 16.3. The van der Waals surface area contributed by atoms with Crippen LogP contribution in [-0.4, -0.2) is 23.9 Å². The Morgan fingerprint density at radius 1 is 0.339 bits per heavy atom. The SMILES string of the molecule is c1ccc(-c2nnc(-c3ccccc3)n2-c2ccc3c(c2)c2ccccc2n3-c2cccc(-n3c4ccccc4c4ccc5oc6ccccc6c5c43)c2)cc1. The van der Waals surface area contributed by atoms with E-state index in [4.69, 9.17) is 14.6 Å². The zero-order valence-electron chi connectivity index (χ0n) is 30.0. The predicted octanol–water partition coefficient (Wildman–Crippen LogP) is 12.7. The summed E-state index contributed by atoms with van der Waals surface area (Å²) in [7, 11) is 0. The van der Waals surface area contributed by atoms with Gasteiger partial charge in [0.25, 0.3) is 0 Å². The van der Waals surface area contributed by atoms with Crippen LogP contribution < -0.4 is 0 Å². The second kappa shape index (κ2) is 11.9. The Labute approximate surface area is 320 Å². The van der Waals surface area contributed by atoms with Gasteiger partial charge in [-0.25, -0.2) is 0 Å². The second-order valence-electron chi connectivity index (χ2n) is 14.3. The molecule has 0 aliphatic rings. The first-order chi connectivity index (χ1) is 27.8. The number of hydrogen-bond acceptors (Lipinski definition) is 3. The molecule has 0 N–H and O–H groups in total. The van der Waals surface area contributed by atoms with Crippen molar-refractivity contribution in [3.05, 3.63) is 188 Å². The molecule has 56 heavy (non-hydrogen) atoms. The van der Waals surface area contributed by atoms with E-state index in [1.165, 1.54) is 16.2 Å². The molecule has 0 bridgehead atoms. The smallest absolute Gasteiger partial charge is 0.168 e. The predicted molar refractivity (Wildman–Crippen MR) is 228 cm³/mol. The van der Waals surface area contributed by atoms with Gasteiger partial charge < -0.3 is 13.6 Å². The molecular formula is C50H31N5O. The third-order valence-corrected chi connectivity index (χ3v) is 11.2. The fourth-order valence-electron chi connectivity index (χ4n) is 8.76. The summed E-state index contributed by atoms with van der Waals surface area (Å²) in [6, 6.07) is 66.2. The van der Waals surface area contributed by atoms with Crippen molar-refractivity contribution in [1.29, 1.82) is 0 Å². The summed E-state index contributed by atoms with van der Waals surface area (Å²) < 4.78 is 13.4. The number of fused-ring (bicyclic) bond motifs is 10. The van der Waals surface area contributed by atoms with Gasteiger partial charge in [-0.1, -0.05) is 121 Å². The Balaban J connectivity index is 1.09. The van der Waals surface area contributed by atoms with Crippen molar-refractivity contribution in [3.63, 3.8) is 0 Å². The lowest BCUT2D eigenvalue weighted by atomic mass is 10.1. The van der Waals surface area contributed by atoms with E-state index in [9.17, 15) is 0 Å². The van der Waals surface area contributed by atoms with Gasteiger partial charge >= 0.3 is 0 Å². The molecule has 0 amide bonds. The highest BCUT2D eigenvalue weighted by Gasteiger charge is 2.22. The summed E-state index contributed by atoms with van der Waals surface area (Å²) in [6.45, 7) is 0. The number of aromatic nitrogens is 5. The van der Waals surface area contributed by atoms with Gasteiger partial charge in [-0.15, -0.1) is 10.2 Å². The van der Waals surface area contributed by atoms with Crippen molar-refractivity contribution >= 4 is 65.6 Å². The molecule has 8 aromatic carbocycles. The Hall–Kier alpha value is -7.70. The Bertz CT molecular complexity index is 3420. The van der Waals surface area contributed by atoms with Crippen LogP contribution in [0.2, 0.25) is 0 Å². The van der Waals surface area contributed by atoms with Gasteiger partial charge in [0.1, 0.15) is 11.2 Å². The van der Waals surface area contributed by atoms with Crippen LogP contribution in [0.25, 0.3) is 105 Å². The summed E-state index contributed by atoms with van der Waals surface area (Å²) in [5.74, 6) is 1.59. The van der Waals surface area contributed by atoms with Crippen molar-refractivity contribution in [3.8, 4) is 39.8 Å². The second-order valence-corrected chi connectivity index (χ2v) is 14.3. The van der Waals surface area contributed by atoms with Gasteiger partial charge in [0.05, 0.1) is 33.1 Å². The standard InChI is InChI=1S/C50H31N5O/c1-3-14-32(15-4-1)49-51-52-50(33-16-5-2-6-17-33)55(49)36-26-28-44-41(31-36)38-21-8-10-23-42(38)53(44)34-18-13-19-35(30-34)54-43-24-11-7-20-37(43)39-27-29-46-47(48(39)54)40-22-9-12-25-45(40)56-46/h1-31H. The molecule has 0 saturated heterocycles. The van der Waals surface area contributed by atoms with Crippen LogP contribution in [0.15, 0.2) is 192 Å². The zero-order valence-corrected chi connectivity index (χ0v) is 30.0. The first-order valence-electron chi connectivity index (χ1n) is 18.8. The van der Waals surface area contributed by atoms with Crippen LogP contribution in [-0.2, 0) is 0 Å². The monoisotopic (exact) mass is 717 g/mol. The molecule has 6 nitrogen and oxygen atoms in total. The third kappa shape index (κ3) is 4.44. The molecule has 12 rings (SSSR count). The van der Waals surface area contributed by atoms with E-state index in [-0.39, 0.29) is 0 Å². The maximum Gasteiger partial charge on any atom is 0.168 e. The first-order valence-corrected chi connectivity index (χ1v) is 18.8. The number of nitrogens with zero attached hydrogens (tertiary/aromatic N) is 5. The number of furan rings is 1. The lowest BCUT2D eigenvalue weighted by Gasteiger charge is -2.14. The van der Waals surface area contributed by atoms with Gasteiger partial charge in [0.15, 0.2) is 11.6 Å². The van der Waals surface area contributed by atoms with E-state index >= 15 is 0 Å². The molecule has 0 radical (unpaired) electrons. The average Bonchev–Trinajstić information content (AvgIpc) is 4.03. The number of rotatable bonds is 5. The van der Waals surface area contributed by atoms with Crippen LogP contribution in [0.4, 0.5) is 0 Å². The Morgan fingerprint density at radius 3 is 1.61 bits per heavy atom. The van der Waals surface area contributed by atoms with Crippen LogP contribution in [0.1, 0.15) is 0 Å². The fraction of sp³-hybridized carbons (Fsp3) is 0. The molecule has 0 aliphatic carbocycles. The molecule has 4 heterocycles. The van der Waals surface area contributed by atoms with Crippen LogP contribution in [0.5, 0.6) is 0 Å². The first kappa shape index (κ1) is 30.7. The van der Waals surface area contributed by atoms with Gasteiger partial charge in [-0.3, -0.25) is 4.57 Å². The average molecular weight is 718 g/mol. The van der Waals surface area contributed by atoms with Gasteiger partial charge in [0, 0.05) is 49.4 Å². The summed E-state index contributed by atoms with van der Waals surface area (Å²) in [5, 5.41) is 16.5. The molecule has 6 heteroatoms. The zero-order chi connectivity index (χ0) is 36.7. The highest BCUT2D eigenvalue weighted by Crippen LogP contribution is 2.42. The van der Waals surface area contributed by atoms with E-state index in [1.54, 1.807) is 0 Å². The molecule has 0 atom stereocenters. The summed E-state index contributed by atoms with van der Waals surface area (Å²) in [5.41, 5.74) is 11.5. The van der Waals surface area contributed by atoms with Crippen molar-refractivity contribution in [2.24, 2.45) is 0 Å². The Kier molecular flexibility index (Phi) is 6.53. The molecule has 0 saturated carbocycles. The van der Waals surface area contributed by atoms with Crippen molar-refractivity contribution in [2.75, 3.05) is 0 Å². The van der Waals surface area contributed by atoms with Crippen LogP contribution in [0.3, 0.4) is 0 Å². The quantitative estimate of drug-likeness (QED) is 0.178. The van der Waals surface area contributed by atoms with Gasteiger partial charge in [0.2, 0.25) is 0 Å². The maximum atomic E-state index is 6.40. The summed E-state index contributed by atoms with van der Waals surface area (Å²) in [6.07, 6.45) is 0. The fourth-order valence-corrected chi connectivity index (χ4v) is 8.76. The number of para-hydroxylation sites is 3. The topological polar surface area (TPSA) is 53.7 Å². The van der Waals surface area contributed by atoms with E-state index < -0.39 is 0 Å². The number of hydrogen-bond donors (Lipinski definition) is 0. The van der Waals surface area contributed by atoms with Gasteiger partial charge in [-0.05, 0) is 66.7 Å². The summed E-state index contributed by atoms with van der Waals surface area (Å²) >= 11 is 0. The minimum Gasteiger partial charge on any atom is -0.456 e. The highest BCUT2D eigenvalue weighted by molar-refractivity contribution is 6.24. The Morgan fingerprint density at radius 2 is 0.893 bits per heavy atom. The van der Waals surface area contributed by atoms with E-state index in [0.717, 1.165) is 89.2 Å². The van der Waals surface area contributed by atoms with Crippen LogP contribution in [0, 0.1) is 0 Å². The van der Waals surface area contributed by atoms with E-state index in [0.29, 0.717) is 0 Å². The molecular weight excluding hydrogens is 687 g/mol. The molecule has 0 fully saturated rings. The van der Waals surface area contributed by atoms with E-state index in [2.05, 4.69) is 159 Å². The molecule has 12 aromatic rings. The van der Waals surface area contributed by atoms with Crippen LogP contribution >= 0.6 is 0 Å². The summed E-state index contributed by atoms with van der Waals surface area (Å²) in [4.78, 5) is 0. The maximum absolute atomic E-state index is 6.40. The van der Waals surface area contributed by atoms with Crippen molar-refractivity contribution < 1.29 is 4.42 Å².